The molecule has 0 aromatic heterocycles. The zero-order chi connectivity index (χ0) is 13.7. The molecule has 2 aromatic carbocycles. The summed E-state index contributed by atoms with van der Waals surface area (Å²) in [6.45, 7) is 1.50. The van der Waals surface area contributed by atoms with E-state index in [1.807, 2.05) is 36.4 Å². The average Bonchev–Trinajstić information content (AvgIpc) is 2.39. The standard InChI is InChI=1S/C16H17NO2/c1-12(18)17-15-8-4-13(5-9-15)2-3-14-6-10-16(19)11-7-14/h4-11,19H,2-3H2,1H3,(H,17,18). The zero-order valence-electron chi connectivity index (χ0n) is 10.9. The first-order valence-electron chi connectivity index (χ1n) is 6.28. The van der Waals surface area contributed by atoms with Gasteiger partial charge in [-0.3, -0.25) is 4.79 Å². The van der Waals surface area contributed by atoms with Gasteiger partial charge in [0, 0.05) is 12.6 Å². The Bertz CT molecular complexity index is 544. The average molecular weight is 255 g/mol. The Kier molecular flexibility index (Phi) is 4.18. The van der Waals surface area contributed by atoms with Crippen molar-refractivity contribution < 1.29 is 9.90 Å². The number of anilines is 1. The van der Waals surface area contributed by atoms with E-state index in [0.717, 1.165) is 18.5 Å². The van der Waals surface area contributed by atoms with Crippen molar-refractivity contribution in [2.75, 3.05) is 5.32 Å². The quantitative estimate of drug-likeness (QED) is 0.881. The van der Waals surface area contributed by atoms with Crippen LogP contribution in [0.2, 0.25) is 0 Å². The van der Waals surface area contributed by atoms with E-state index in [0.29, 0.717) is 5.75 Å². The van der Waals surface area contributed by atoms with E-state index in [2.05, 4.69) is 5.32 Å². The Morgan fingerprint density at radius 1 is 0.947 bits per heavy atom. The first-order chi connectivity index (χ1) is 9.13. The summed E-state index contributed by atoms with van der Waals surface area (Å²) >= 11 is 0. The summed E-state index contributed by atoms with van der Waals surface area (Å²) in [6.07, 6.45) is 1.87. The molecule has 0 bridgehead atoms. The molecular weight excluding hydrogens is 238 g/mol. The molecule has 0 unspecified atom stereocenters. The minimum Gasteiger partial charge on any atom is -0.508 e. The molecular formula is C16H17NO2. The fraction of sp³-hybridized carbons (Fsp3) is 0.188. The largest absolute Gasteiger partial charge is 0.508 e. The first kappa shape index (κ1) is 13.1. The summed E-state index contributed by atoms with van der Waals surface area (Å²) in [4.78, 5) is 10.9. The van der Waals surface area contributed by atoms with Crippen LogP contribution in [0, 0.1) is 0 Å². The van der Waals surface area contributed by atoms with E-state index >= 15 is 0 Å². The van der Waals surface area contributed by atoms with Crippen molar-refractivity contribution in [3.05, 3.63) is 59.7 Å². The van der Waals surface area contributed by atoms with Crippen LogP contribution in [-0.2, 0) is 17.6 Å². The minimum absolute atomic E-state index is 0.0585. The minimum atomic E-state index is -0.0585. The van der Waals surface area contributed by atoms with E-state index in [9.17, 15) is 9.90 Å². The number of nitrogens with one attached hydrogen (secondary N) is 1. The van der Waals surface area contributed by atoms with Gasteiger partial charge in [0.1, 0.15) is 5.75 Å². The van der Waals surface area contributed by atoms with Crippen LogP contribution in [-0.4, -0.2) is 11.0 Å². The number of hydrogen-bond donors (Lipinski definition) is 2. The van der Waals surface area contributed by atoms with Crippen LogP contribution in [0.15, 0.2) is 48.5 Å². The van der Waals surface area contributed by atoms with Gasteiger partial charge in [0.2, 0.25) is 5.91 Å². The number of carbonyl (C=O) groups is 1. The number of carbonyl (C=O) groups excluding carboxylic acids is 1. The molecule has 0 radical (unpaired) electrons. The van der Waals surface area contributed by atoms with Crippen LogP contribution in [0.3, 0.4) is 0 Å². The lowest BCUT2D eigenvalue weighted by Crippen LogP contribution is -2.05. The van der Waals surface area contributed by atoms with Gasteiger partial charge in [-0.25, -0.2) is 0 Å². The van der Waals surface area contributed by atoms with Gasteiger partial charge < -0.3 is 10.4 Å². The van der Waals surface area contributed by atoms with Gasteiger partial charge >= 0.3 is 0 Å². The highest BCUT2D eigenvalue weighted by Crippen LogP contribution is 2.14. The van der Waals surface area contributed by atoms with Gasteiger partial charge in [0.15, 0.2) is 0 Å². The number of benzene rings is 2. The molecule has 2 aromatic rings. The maximum Gasteiger partial charge on any atom is 0.221 e. The molecule has 1 amide bonds. The van der Waals surface area contributed by atoms with E-state index < -0.39 is 0 Å². The topological polar surface area (TPSA) is 49.3 Å². The maximum atomic E-state index is 10.9. The van der Waals surface area contributed by atoms with Crippen molar-refractivity contribution in [1.29, 1.82) is 0 Å². The fourth-order valence-corrected chi connectivity index (χ4v) is 1.91. The van der Waals surface area contributed by atoms with Gasteiger partial charge in [-0.2, -0.15) is 0 Å². The lowest BCUT2D eigenvalue weighted by Gasteiger charge is -2.05. The molecule has 0 saturated heterocycles. The molecule has 98 valence electrons. The van der Waals surface area contributed by atoms with E-state index in [-0.39, 0.29) is 5.91 Å². The summed E-state index contributed by atoms with van der Waals surface area (Å²) < 4.78 is 0. The van der Waals surface area contributed by atoms with Crippen LogP contribution in [0.4, 0.5) is 5.69 Å². The number of rotatable bonds is 4. The van der Waals surface area contributed by atoms with Gasteiger partial charge in [0.05, 0.1) is 0 Å². The monoisotopic (exact) mass is 255 g/mol. The second kappa shape index (κ2) is 6.05. The van der Waals surface area contributed by atoms with Crippen LogP contribution in [0.1, 0.15) is 18.1 Å². The second-order valence-corrected chi connectivity index (χ2v) is 4.54. The number of amides is 1. The second-order valence-electron chi connectivity index (χ2n) is 4.54. The van der Waals surface area contributed by atoms with E-state index in [4.69, 9.17) is 0 Å². The number of aromatic hydroxyl groups is 1. The normalized spacial score (nSPS) is 10.2. The molecule has 0 spiro atoms. The number of phenols is 1. The highest BCUT2D eigenvalue weighted by molar-refractivity contribution is 5.88. The van der Waals surface area contributed by atoms with Crippen LogP contribution >= 0.6 is 0 Å². The molecule has 0 heterocycles. The third-order valence-electron chi connectivity index (χ3n) is 2.91. The molecule has 0 saturated carbocycles. The predicted octanol–water partition coefficient (Wildman–Crippen LogP) is 3.14. The fourth-order valence-electron chi connectivity index (χ4n) is 1.91. The molecule has 3 nitrogen and oxygen atoms in total. The Labute approximate surface area is 112 Å². The zero-order valence-corrected chi connectivity index (χ0v) is 10.9. The van der Waals surface area contributed by atoms with Crippen LogP contribution < -0.4 is 5.32 Å². The molecule has 3 heteroatoms. The molecule has 0 aliphatic carbocycles. The first-order valence-corrected chi connectivity index (χ1v) is 6.28. The number of aryl methyl sites for hydroxylation is 2. The highest BCUT2D eigenvalue weighted by Gasteiger charge is 1.98. The van der Waals surface area contributed by atoms with Crippen LogP contribution in [0.5, 0.6) is 5.75 Å². The smallest absolute Gasteiger partial charge is 0.221 e. The number of hydrogen-bond acceptors (Lipinski definition) is 2. The predicted molar refractivity (Wildman–Crippen MR) is 76.3 cm³/mol. The van der Waals surface area contributed by atoms with Crippen molar-refractivity contribution in [2.45, 2.75) is 19.8 Å². The summed E-state index contributed by atoms with van der Waals surface area (Å²) in [5.74, 6) is 0.236. The molecule has 2 rings (SSSR count). The summed E-state index contributed by atoms with van der Waals surface area (Å²) in [7, 11) is 0. The molecule has 19 heavy (non-hydrogen) atoms. The Hall–Kier alpha value is -2.29. The Morgan fingerprint density at radius 3 is 1.89 bits per heavy atom. The molecule has 0 aliphatic rings. The molecule has 0 fully saturated rings. The third kappa shape index (κ3) is 4.14. The molecule has 0 atom stereocenters. The summed E-state index contributed by atoms with van der Waals surface area (Å²) in [5.41, 5.74) is 3.24. The third-order valence-corrected chi connectivity index (χ3v) is 2.91. The van der Waals surface area contributed by atoms with Gasteiger partial charge in [-0.1, -0.05) is 24.3 Å². The molecule has 0 aliphatic heterocycles. The number of phenolic OH excluding ortho intramolecular Hbond substituents is 1. The van der Waals surface area contributed by atoms with Gasteiger partial charge in [-0.15, -0.1) is 0 Å². The van der Waals surface area contributed by atoms with Gasteiger partial charge in [-0.05, 0) is 48.2 Å². The summed E-state index contributed by atoms with van der Waals surface area (Å²) in [6, 6.07) is 15.1. The van der Waals surface area contributed by atoms with Crippen molar-refractivity contribution >= 4 is 11.6 Å². The van der Waals surface area contributed by atoms with E-state index in [1.165, 1.54) is 18.1 Å². The summed E-state index contributed by atoms with van der Waals surface area (Å²) in [5, 5.41) is 12.0. The van der Waals surface area contributed by atoms with Gasteiger partial charge in [0.25, 0.3) is 0 Å². The van der Waals surface area contributed by atoms with Crippen molar-refractivity contribution in [2.24, 2.45) is 0 Å². The lowest BCUT2D eigenvalue weighted by atomic mass is 10.0. The van der Waals surface area contributed by atoms with Crippen molar-refractivity contribution in [3.63, 3.8) is 0 Å². The SMILES string of the molecule is CC(=O)Nc1ccc(CCc2ccc(O)cc2)cc1. The van der Waals surface area contributed by atoms with E-state index in [1.54, 1.807) is 12.1 Å². The maximum absolute atomic E-state index is 10.9. The van der Waals surface area contributed by atoms with Crippen molar-refractivity contribution in [1.82, 2.24) is 0 Å². The lowest BCUT2D eigenvalue weighted by molar-refractivity contribution is -0.114. The van der Waals surface area contributed by atoms with Crippen LogP contribution in [0.25, 0.3) is 0 Å². The Balaban J connectivity index is 1.92. The molecule has 2 N–H and O–H groups in total. The highest BCUT2D eigenvalue weighted by atomic mass is 16.3. The Morgan fingerprint density at radius 2 is 1.42 bits per heavy atom. The van der Waals surface area contributed by atoms with Crippen molar-refractivity contribution in [3.8, 4) is 5.75 Å².